The summed E-state index contributed by atoms with van der Waals surface area (Å²) in [6.07, 6.45) is -0.00452. The number of hydrogen-bond donors (Lipinski definition) is 2. The van der Waals surface area contributed by atoms with Crippen molar-refractivity contribution in [2.75, 3.05) is 0 Å². The zero-order chi connectivity index (χ0) is 17.0. The molecule has 1 aromatic carbocycles. The summed E-state index contributed by atoms with van der Waals surface area (Å²) in [4.78, 5) is 20.8. The van der Waals surface area contributed by atoms with Crippen molar-refractivity contribution >= 4 is 11.7 Å². The maximum Gasteiger partial charge on any atom is 0.320 e. The summed E-state index contributed by atoms with van der Waals surface area (Å²) in [5.41, 5.74) is 5.02. The average molecular weight is 324 g/mol. The predicted molar refractivity (Wildman–Crippen MR) is 75.4 cm³/mol. The van der Waals surface area contributed by atoms with Gasteiger partial charge in [0.15, 0.2) is 5.75 Å². The molecule has 0 radical (unpaired) electrons. The van der Waals surface area contributed by atoms with E-state index in [4.69, 9.17) is 20.0 Å². The fraction of sp³-hybridized carbons (Fsp3) is 0.214. The van der Waals surface area contributed by atoms with E-state index in [2.05, 4.69) is 0 Å². The first-order chi connectivity index (χ1) is 10.9. The van der Waals surface area contributed by atoms with Crippen molar-refractivity contribution in [3.8, 4) is 5.75 Å². The van der Waals surface area contributed by atoms with Crippen molar-refractivity contribution in [3.63, 3.8) is 0 Å². The van der Waals surface area contributed by atoms with Crippen LogP contribution in [-0.4, -0.2) is 22.0 Å². The Balaban J connectivity index is 2.04. The molecule has 0 saturated carbocycles. The van der Waals surface area contributed by atoms with E-state index in [1.165, 1.54) is 12.1 Å². The van der Waals surface area contributed by atoms with Crippen LogP contribution in [0.3, 0.4) is 0 Å². The Morgan fingerprint density at radius 1 is 1.39 bits per heavy atom. The van der Waals surface area contributed by atoms with E-state index in [-0.39, 0.29) is 24.5 Å². The van der Waals surface area contributed by atoms with Gasteiger partial charge in [-0.3, -0.25) is 14.9 Å². The van der Waals surface area contributed by atoms with E-state index in [0.717, 1.165) is 18.2 Å². The minimum Gasteiger partial charge on any atom is -0.480 e. The number of carboxylic acid groups (broad SMARTS) is 1. The molecule has 1 aromatic heterocycles. The second-order valence-electron chi connectivity index (χ2n) is 4.67. The third-order valence-electron chi connectivity index (χ3n) is 2.94. The lowest BCUT2D eigenvalue weighted by Gasteiger charge is -2.05. The Kier molecular flexibility index (Phi) is 4.91. The van der Waals surface area contributed by atoms with E-state index in [1.807, 2.05) is 0 Å². The lowest BCUT2D eigenvalue weighted by molar-refractivity contribution is -0.386. The molecule has 2 aromatic rings. The van der Waals surface area contributed by atoms with Gasteiger partial charge in [0, 0.05) is 18.6 Å². The summed E-state index contributed by atoms with van der Waals surface area (Å²) in [5, 5.41) is 19.6. The van der Waals surface area contributed by atoms with Crippen molar-refractivity contribution in [2.24, 2.45) is 5.73 Å². The van der Waals surface area contributed by atoms with Gasteiger partial charge in [0.05, 0.1) is 4.92 Å². The standard InChI is InChI=1S/C14H13FN2O6/c15-8-1-4-12(17(20)21)13(5-8)22-7-10-3-2-9(23-10)6-11(16)14(18)19/h1-5,11H,6-7,16H2,(H,18,19). The Bertz CT molecular complexity index is 730. The summed E-state index contributed by atoms with van der Waals surface area (Å²) >= 11 is 0. The van der Waals surface area contributed by atoms with Gasteiger partial charge in [-0.2, -0.15) is 0 Å². The fourth-order valence-corrected chi connectivity index (χ4v) is 1.82. The first kappa shape index (κ1) is 16.4. The van der Waals surface area contributed by atoms with Crippen LogP contribution in [0.4, 0.5) is 10.1 Å². The molecule has 0 aliphatic carbocycles. The molecule has 8 nitrogen and oxygen atoms in total. The number of nitrogens with zero attached hydrogens (tertiary/aromatic N) is 1. The molecule has 1 atom stereocenters. The molecule has 122 valence electrons. The largest absolute Gasteiger partial charge is 0.480 e. The van der Waals surface area contributed by atoms with Crippen LogP contribution in [0.15, 0.2) is 34.7 Å². The highest BCUT2D eigenvalue weighted by molar-refractivity contribution is 5.73. The highest BCUT2D eigenvalue weighted by Gasteiger charge is 2.18. The van der Waals surface area contributed by atoms with E-state index < -0.39 is 22.8 Å². The molecule has 0 spiro atoms. The van der Waals surface area contributed by atoms with Crippen LogP contribution in [0.25, 0.3) is 0 Å². The SMILES string of the molecule is NC(Cc1ccc(COc2cc(F)ccc2[N+](=O)[O-])o1)C(=O)O. The van der Waals surface area contributed by atoms with Crippen molar-refractivity contribution in [2.45, 2.75) is 19.1 Å². The van der Waals surface area contributed by atoms with Crippen LogP contribution in [-0.2, 0) is 17.8 Å². The molecular weight excluding hydrogens is 311 g/mol. The quantitative estimate of drug-likeness (QED) is 0.587. The molecule has 3 N–H and O–H groups in total. The molecule has 0 aliphatic rings. The van der Waals surface area contributed by atoms with Gasteiger partial charge in [-0.1, -0.05) is 0 Å². The number of nitro benzene ring substituents is 1. The van der Waals surface area contributed by atoms with Crippen molar-refractivity contribution in [3.05, 3.63) is 57.8 Å². The number of ether oxygens (including phenoxy) is 1. The van der Waals surface area contributed by atoms with Gasteiger partial charge >= 0.3 is 11.7 Å². The topological polar surface area (TPSA) is 129 Å². The van der Waals surface area contributed by atoms with Gasteiger partial charge in [-0.25, -0.2) is 4.39 Å². The molecule has 0 fully saturated rings. The Morgan fingerprint density at radius 3 is 2.74 bits per heavy atom. The minimum atomic E-state index is -1.16. The van der Waals surface area contributed by atoms with E-state index in [1.54, 1.807) is 0 Å². The van der Waals surface area contributed by atoms with Gasteiger partial charge < -0.3 is 20.0 Å². The number of nitrogens with two attached hydrogens (primary N) is 1. The molecule has 0 amide bonds. The average Bonchev–Trinajstić information content (AvgIpc) is 2.92. The molecule has 2 rings (SSSR count). The van der Waals surface area contributed by atoms with E-state index in [0.29, 0.717) is 11.5 Å². The molecule has 0 bridgehead atoms. The number of nitro groups is 1. The third kappa shape index (κ3) is 4.27. The number of benzene rings is 1. The maximum absolute atomic E-state index is 13.2. The molecular formula is C14H13FN2O6. The zero-order valence-electron chi connectivity index (χ0n) is 11.8. The number of aliphatic carboxylic acids is 1. The fourth-order valence-electron chi connectivity index (χ4n) is 1.82. The Morgan fingerprint density at radius 2 is 2.09 bits per heavy atom. The van der Waals surface area contributed by atoms with Crippen molar-refractivity contribution in [1.82, 2.24) is 0 Å². The number of carboxylic acids is 1. The number of carbonyl (C=O) groups is 1. The Hall–Kier alpha value is -2.94. The zero-order valence-corrected chi connectivity index (χ0v) is 11.8. The molecule has 0 aliphatic heterocycles. The molecule has 9 heteroatoms. The number of halogens is 1. The van der Waals surface area contributed by atoms with Gasteiger partial charge in [0.1, 0.15) is 30.0 Å². The summed E-state index contributed by atoms with van der Waals surface area (Å²) in [6, 6.07) is 4.82. The molecule has 1 unspecified atom stereocenters. The highest BCUT2D eigenvalue weighted by atomic mass is 19.1. The van der Waals surface area contributed by atoms with E-state index in [9.17, 15) is 19.3 Å². The van der Waals surface area contributed by atoms with Gasteiger partial charge in [-0.15, -0.1) is 0 Å². The first-order valence-corrected chi connectivity index (χ1v) is 6.49. The maximum atomic E-state index is 13.2. The lowest BCUT2D eigenvalue weighted by Crippen LogP contribution is -2.32. The van der Waals surface area contributed by atoms with E-state index >= 15 is 0 Å². The van der Waals surface area contributed by atoms with Crippen molar-refractivity contribution in [1.29, 1.82) is 0 Å². The monoisotopic (exact) mass is 324 g/mol. The number of rotatable bonds is 7. The lowest BCUT2D eigenvalue weighted by atomic mass is 10.2. The summed E-state index contributed by atoms with van der Waals surface area (Å²) in [5.74, 6) is -1.41. The third-order valence-corrected chi connectivity index (χ3v) is 2.94. The van der Waals surface area contributed by atoms with Crippen LogP contribution >= 0.6 is 0 Å². The summed E-state index contributed by atoms with van der Waals surface area (Å²) in [6.45, 7) is -0.174. The van der Waals surface area contributed by atoms with Crippen LogP contribution in [0.1, 0.15) is 11.5 Å². The second kappa shape index (κ2) is 6.88. The van der Waals surface area contributed by atoms with Crippen LogP contribution in [0.5, 0.6) is 5.75 Å². The second-order valence-corrected chi connectivity index (χ2v) is 4.67. The minimum absolute atomic E-state index is 0.00452. The molecule has 1 heterocycles. The number of furan rings is 1. The van der Waals surface area contributed by atoms with Gasteiger partial charge in [-0.05, 0) is 18.2 Å². The first-order valence-electron chi connectivity index (χ1n) is 6.49. The summed E-state index contributed by atoms with van der Waals surface area (Å²) < 4.78 is 23.7. The normalized spacial score (nSPS) is 11.9. The predicted octanol–water partition coefficient (Wildman–Crippen LogP) is 1.86. The van der Waals surface area contributed by atoms with Gasteiger partial charge in [0.2, 0.25) is 0 Å². The summed E-state index contributed by atoms with van der Waals surface area (Å²) in [7, 11) is 0. The van der Waals surface area contributed by atoms with Crippen LogP contribution < -0.4 is 10.5 Å². The van der Waals surface area contributed by atoms with Gasteiger partial charge in [0.25, 0.3) is 0 Å². The molecule has 0 saturated heterocycles. The highest BCUT2D eigenvalue weighted by Crippen LogP contribution is 2.28. The van der Waals surface area contributed by atoms with Crippen LogP contribution in [0, 0.1) is 15.9 Å². The Labute approximate surface area is 129 Å². The number of hydrogen-bond acceptors (Lipinski definition) is 6. The molecule has 23 heavy (non-hydrogen) atoms. The van der Waals surface area contributed by atoms with Crippen molar-refractivity contribution < 1.29 is 28.4 Å². The van der Waals surface area contributed by atoms with Crippen LogP contribution in [0.2, 0.25) is 0 Å². The smallest absolute Gasteiger partial charge is 0.320 e.